The summed E-state index contributed by atoms with van der Waals surface area (Å²) in [7, 11) is -11.5. The fourth-order valence-corrected chi connectivity index (χ4v) is 10.3. The van der Waals surface area contributed by atoms with E-state index < -0.39 is 49.1 Å². The first-order chi connectivity index (χ1) is 22.1. The van der Waals surface area contributed by atoms with Crippen LogP contribution in [0.5, 0.6) is 0 Å². The van der Waals surface area contributed by atoms with Crippen molar-refractivity contribution >= 4 is 42.0 Å². The van der Waals surface area contributed by atoms with Crippen molar-refractivity contribution in [2.24, 2.45) is 0 Å². The Hall–Kier alpha value is -3.75. The van der Waals surface area contributed by atoms with Crippen LogP contribution in [0.2, 0.25) is 0 Å². The number of benzene rings is 5. The molecule has 0 heterocycles. The van der Waals surface area contributed by atoms with Gasteiger partial charge in [-0.15, -0.1) is 0 Å². The van der Waals surface area contributed by atoms with Crippen molar-refractivity contribution in [2.75, 3.05) is 0 Å². The van der Waals surface area contributed by atoms with Crippen LogP contribution in [0.3, 0.4) is 0 Å². The molecule has 5 aromatic rings. The predicted octanol–water partition coefficient (Wildman–Crippen LogP) is 11.3. The summed E-state index contributed by atoms with van der Waals surface area (Å²) in [6.45, 7) is 5.54. The van der Waals surface area contributed by atoms with Gasteiger partial charge in [-0.2, -0.15) is 47.9 Å². The Bertz CT molecular complexity index is 2010. The molecule has 0 saturated heterocycles. The Morgan fingerprint density at radius 3 is 1.29 bits per heavy atom. The van der Waals surface area contributed by atoms with E-state index in [1.54, 1.807) is 48.5 Å². The van der Waals surface area contributed by atoms with E-state index in [-0.39, 0.29) is 14.7 Å². The normalized spacial score (nSPS) is 14.4. The molecule has 0 unspecified atom stereocenters. The Morgan fingerprint density at radius 1 is 0.500 bits per heavy atom. The highest BCUT2D eigenvalue weighted by Crippen LogP contribution is 2.72. The van der Waals surface area contributed by atoms with E-state index in [1.807, 2.05) is 20.8 Å². The van der Waals surface area contributed by atoms with Gasteiger partial charge in [-0.25, -0.2) is 3.63 Å². The SMILES string of the molecule is CC(C)(C)c1ccc(S(OS(=O)(=O)C(F)(F)C(F)(F)C(F)(F)C(F)(F)F)(c2ccc3ccccc3c2)c2ccc3ccccc3c2)cc1. The number of hydrogen-bond donors (Lipinski definition) is 0. The van der Waals surface area contributed by atoms with Crippen molar-refractivity contribution in [3.63, 3.8) is 0 Å². The third-order valence-corrected chi connectivity index (χ3v) is 13.0. The van der Waals surface area contributed by atoms with Gasteiger partial charge in [-0.3, -0.25) is 0 Å². The van der Waals surface area contributed by atoms with Gasteiger partial charge in [0.2, 0.25) is 0 Å². The summed E-state index contributed by atoms with van der Waals surface area (Å²) in [5.41, 5.74) is 0.203. The molecular weight excluding hydrogens is 691 g/mol. The predicted molar refractivity (Wildman–Crippen MR) is 166 cm³/mol. The Morgan fingerprint density at radius 2 is 0.896 bits per heavy atom. The van der Waals surface area contributed by atoms with Crippen LogP contribution >= 0.6 is 10.3 Å². The third kappa shape index (κ3) is 5.71. The van der Waals surface area contributed by atoms with E-state index >= 15 is 8.78 Å². The summed E-state index contributed by atoms with van der Waals surface area (Å²) < 4.78 is 159. The second-order valence-corrected chi connectivity index (χ2v) is 16.5. The maximum absolute atomic E-state index is 15.4. The maximum Gasteiger partial charge on any atom is 0.460 e. The smallest absolute Gasteiger partial charge is 0.202 e. The summed E-state index contributed by atoms with van der Waals surface area (Å²) in [5.74, 6) is -14.9. The molecule has 0 bridgehead atoms. The molecule has 0 radical (unpaired) electrons. The average Bonchev–Trinajstić information content (AvgIpc) is 3.02. The van der Waals surface area contributed by atoms with E-state index in [0.29, 0.717) is 27.1 Å². The van der Waals surface area contributed by atoms with E-state index in [1.165, 1.54) is 60.7 Å². The molecule has 0 aliphatic carbocycles. The van der Waals surface area contributed by atoms with Crippen molar-refractivity contribution in [3.8, 4) is 0 Å². The van der Waals surface area contributed by atoms with Gasteiger partial charge in [0, 0.05) is 14.7 Å². The average molecular weight is 719 g/mol. The molecule has 14 heteroatoms. The van der Waals surface area contributed by atoms with Gasteiger partial charge in [0.1, 0.15) is 0 Å². The molecule has 0 aromatic heterocycles. The third-order valence-electron chi connectivity index (χ3n) is 7.78. The molecule has 0 N–H and O–H groups in total. The number of alkyl halides is 9. The summed E-state index contributed by atoms with van der Waals surface area (Å²) in [6, 6.07) is 27.2. The second kappa shape index (κ2) is 11.7. The molecule has 48 heavy (non-hydrogen) atoms. The summed E-state index contributed by atoms with van der Waals surface area (Å²) in [4.78, 5) is -0.443. The van der Waals surface area contributed by atoms with Crippen LogP contribution in [0, 0.1) is 0 Å². The zero-order chi connectivity index (χ0) is 35.6. The fourth-order valence-electron chi connectivity index (χ4n) is 5.06. The van der Waals surface area contributed by atoms with E-state index in [2.05, 4.69) is 0 Å². The Kier molecular flexibility index (Phi) is 8.66. The van der Waals surface area contributed by atoms with E-state index in [4.69, 9.17) is 3.63 Å². The zero-order valence-corrected chi connectivity index (χ0v) is 27.0. The minimum atomic E-state index is -7.48. The largest absolute Gasteiger partial charge is 0.460 e. The van der Waals surface area contributed by atoms with Gasteiger partial charge in [-0.05, 0) is 79.2 Å². The maximum atomic E-state index is 15.4. The molecule has 0 spiro atoms. The minimum absolute atomic E-state index is 0.147. The lowest BCUT2D eigenvalue weighted by molar-refractivity contribution is -0.382. The minimum Gasteiger partial charge on any atom is -0.202 e. The van der Waals surface area contributed by atoms with Crippen molar-refractivity contribution < 1.29 is 51.6 Å². The summed E-state index contributed by atoms with van der Waals surface area (Å²) in [5, 5.41) is -5.02. The van der Waals surface area contributed by atoms with Crippen LogP contribution in [-0.2, 0) is 19.2 Å². The lowest BCUT2D eigenvalue weighted by atomic mass is 9.87. The highest BCUT2D eigenvalue weighted by atomic mass is 32.3. The van der Waals surface area contributed by atoms with Crippen molar-refractivity contribution in [1.29, 1.82) is 0 Å². The molecule has 0 aliphatic heterocycles. The van der Waals surface area contributed by atoms with Gasteiger partial charge in [0.25, 0.3) is 0 Å². The molecule has 0 atom stereocenters. The van der Waals surface area contributed by atoms with Gasteiger partial charge < -0.3 is 0 Å². The number of fused-ring (bicyclic) bond motifs is 2. The molecule has 0 amide bonds. The van der Waals surface area contributed by atoms with E-state index in [9.17, 15) is 39.2 Å². The number of rotatable bonds is 8. The molecular formula is C34H27F9O3S2. The standard InChI is InChI=1S/C34H27F9O3S2/c1-30(2,3)26-14-18-27(19-15-26)47(28-16-12-22-8-4-6-10-24(22)20-28,29-17-13-23-9-5-7-11-25(23)21-29)46-48(44,45)34(42,43)32(37,38)31(35,36)33(39,40)41/h4-21H,1-3H3. The summed E-state index contributed by atoms with van der Waals surface area (Å²) in [6.07, 6.45) is -7.24. The van der Waals surface area contributed by atoms with Crippen LogP contribution in [0.25, 0.3) is 21.5 Å². The first-order valence-corrected chi connectivity index (χ1v) is 17.1. The summed E-state index contributed by atoms with van der Waals surface area (Å²) >= 11 is 0. The molecule has 0 aliphatic rings. The van der Waals surface area contributed by atoms with Crippen LogP contribution in [-0.4, -0.2) is 31.7 Å². The first-order valence-electron chi connectivity index (χ1n) is 14.1. The molecule has 256 valence electrons. The first kappa shape index (κ1) is 35.6. The molecule has 0 fully saturated rings. The van der Waals surface area contributed by atoms with Crippen molar-refractivity contribution in [2.45, 2.75) is 64.1 Å². The second-order valence-electron chi connectivity index (χ2n) is 12.0. The van der Waals surface area contributed by atoms with Gasteiger partial charge in [-0.1, -0.05) is 93.6 Å². The highest BCUT2D eigenvalue weighted by Gasteiger charge is 2.86. The molecule has 3 nitrogen and oxygen atoms in total. The van der Waals surface area contributed by atoms with Crippen LogP contribution < -0.4 is 0 Å². The van der Waals surface area contributed by atoms with Gasteiger partial charge >= 0.3 is 33.4 Å². The molecule has 5 rings (SSSR count). The zero-order valence-electron chi connectivity index (χ0n) is 25.3. The van der Waals surface area contributed by atoms with Crippen LogP contribution in [0.1, 0.15) is 26.3 Å². The topological polar surface area (TPSA) is 43.4 Å². The monoisotopic (exact) mass is 718 g/mol. The lowest BCUT2D eigenvalue weighted by Gasteiger charge is -2.41. The Balaban J connectivity index is 1.88. The molecule has 0 saturated carbocycles. The lowest BCUT2D eigenvalue weighted by Crippen LogP contribution is -2.63. The van der Waals surface area contributed by atoms with Gasteiger partial charge in [0.15, 0.2) is 0 Å². The number of halogens is 9. The fraction of sp³-hybridized carbons (Fsp3) is 0.235. The van der Waals surface area contributed by atoms with Crippen LogP contribution in [0.4, 0.5) is 39.5 Å². The van der Waals surface area contributed by atoms with Crippen molar-refractivity contribution in [1.82, 2.24) is 0 Å². The number of hydrogen-bond acceptors (Lipinski definition) is 3. The van der Waals surface area contributed by atoms with Crippen molar-refractivity contribution in [3.05, 3.63) is 115 Å². The van der Waals surface area contributed by atoms with E-state index in [0.717, 1.165) is 0 Å². The van der Waals surface area contributed by atoms with Gasteiger partial charge in [0.05, 0.1) is 0 Å². The van der Waals surface area contributed by atoms with Crippen LogP contribution in [0.15, 0.2) is 124 Å². The highest BCUT2D eigenvalue weighted by molar-refractivity contribution is 8.33. The quantitative estimate of drug-likeness (QED) is 0.150. The Labute approximate surface area is 272 Å². The molecule has 5 aromatic carbocycles.